The van der Waals surface area contributed by atoms with Crippen molar-refractivity contribution in [2.75, 3.05) is 0 Å². The van der Waals surface area contributed by atoms with Gasteiger partial charge in [0.15, 0.2) is 0 Å². The molecule has 0 aliphatic rings. The fourth-order valence-electron chi connectivity index (χ4n) is 6.58. The molecule has 0 unspecified atom stereocenters. The number of hydrogen-bond donors (Lipinski definition) is 2. The van der Waals surface area contributed by atoms with E-state index < -0.39 is 0 Å². The average molecular weight is 617 g/mol. The Morgan fingerprint density at radius 3 is 1.35 bits per heavy atom. The summed E-state index contributed by atoms with van der Waals surface area (Å²) in [5.74, 6) is 0. The van der Waals surface area contributed by atoms with Crippen molar-refractivity contribution in [3.8, 4) is 68.3 Å². The lowest BCUT2D eigenvalue weighted by molar-refractivity contribution is 1.23. The molecule has 226 valence electrons. The van der Waals surface area contributed by atoms with Crippen LogP contribution in [-0.4, -0.2) is 19.9 Å². The normalized spacial score (nSPS) is 11.1. The van der Waals surface area contributed by atoms with Gasteiger partial charge in [-0.05, 0) is 49.2 Å². The van der Waals surface area contributed by atoms with E-state index in [0.717, 1.165) is 66.3 Å². The van der Waals surface area contributed by atoms with E-state index >= 15 is 0 Å². The minimum Gasteiger partial charge on any atom is -0.360 e. The van der Waals surface area contributed by atoms with E-state index in [-0.39, 0.29) is 0 Å². The molecule has 0 radical (unpaired) electrons. The van der Waals surface area contributed by atoms with Crippen LogP contribution in [0.3, 0.4) is 0 Å². The fourth-order valence-corrected chi connectivity index (χ4v) is 6.58. The molecule has 8 aromatic rings. The summed E-state index contributed by atoms with van der Waals surface area (Å²) in [5.41, 5.74) is 12.4. The van der Waals surface area contributed by atoms with Crippen LogP contribution in [0.25, 0.3) is 78.0 Å². The van der Waals surface area contributed by atoms with Crippen LogP contribution in [0, 0.1) is 36.5 Å². The molecular formula is C42H28N6. The lowest BCUT2D eigenvalue weighted by Crippen LogP contribution is -2.01. The van der Waals surface area contributed by atoms with Crippen molar-refractivity contribution < 1.29 is 0 Å². The number of aryl methyl sites for hydroxylation is 2. The summed E-state index contributed by atoms with van der Waals surface area (Å²) in [6.45, 7) is 4.09. The number of hydrogen-bond acceptors (Lipinski definition) is 4. The number of nitriles is 2. The Kier molecular flexibility index (Phi) is 6.91. The zero-order valence-corrected chi connectivity index (χ0v) is 26.3. The molecule has 6 nitrogen and oxygen atoms in total. The molecule has 0 atom stereocenters. The Balaban J connectivity index is 1.47. The maximum absolute atomic E-state index is 10.7. The predicted molar refractivity (Wildman–Crippen MR) is 192 cm³/mol. The highest BCUT2D eigenvalue weighted by molar-refractivity contribution is 5.99. The minimum absolute atomic E-state index is 0.485. The van der Waals surface area contributed by atoms with E-state index in [0.29, 0.717) is 33.9 Å². The number of rotatable bonds is 5. The van der Waals surface area contributed by atoms with Crippen LogP contribution < -0.4 is 0 Å². The lowest BCUT2D eigenvalue weighted by atomic mass is 9.92. The van der Waals surface area contributed by atoms with Crippen LogP contribution in [0.5, 0.6) is 0 Å². The van der Waals surface area contributed by atoms with Gasteiger partial charge in [0.25, 0.3) is 0 Å². The van der Waals surface area contributed by atoms with Crippen LogP contribution in [0.2, 0.25) is 0 Å². The molecule has 0 fully saturated rings. The smallest absolute Gasteiger partial charge is 0.102 e. The van der Waals surface area contributed by atoms with Gasteiger partial charge in [-0.2, -0.15) is 10.5 Å². The van der Waals surface area contributed by atoms with Crippen molar-refractivity contribution in [1.82, 2.24) is 19.9 Å². The summed E-state index contributed by atoms with van der Waals surface area (Å²) in [6.07, 6.45) is 3.83. The number of fused-ring (bicyclic) bond motifs is 2. The van der Waals surface area contributed by atoms with Crippen LogP contribution in [-0.2, 0) is 0 Å². The van der Waals surface area contributed by atoms with Gasteiger partial charge >= 0.3 is 0 Å². The summed E-state index contributed by atoms with van der Waals surface area (Å²) in [6, 6.07) is 41.2. The number of aromatic amines is 2. The highest BCUT2D eigenvalue weighted by Gasteiger charge is 2.23. The van der Waals surface area contributed by atoms with E-state index in [9.17, 15) is 10.5 Å². The second-order valence-corrected chi connectivity index (χ2v) is 12.0. The van der Waals surface area contributed by atoms with E-state index in [1.807, 2.05) is 123 Å². The minimum atomic E-state index is 0.485. The first-order chi connectivity index (χ1) is 23.5. The zero-order valence-electron chi connectivity index (χ0n) is 26.3. The molecular weight excluding hydrogens is 589 g/mol. The van der Waals surface area contributed by atoms with Gasteiger partial charge in [-0.15, -0.1) is 0 Å². The molecule has 4 aromatic heterocycles. The predicted octanol–water partition coefficient (Wildman–Crippen LogP) is 10.1. The molecule has 0 saturated carbocycles. The van der Waals surface area contributed by atoms with E-state index in [4.69, 9.17) is 9.97 Å². The quantitative estimate of drug-likeness (QED) is 0.201. The van der Waals surface area contributed by atoms with Crippen molar-refractivity contribution in [2.24, 2.45) is 0 Å². The molecule has 4 aromatic carbocycles. The topological polar surface area (TPSA) is 105 Å². The molecule has 0 amide bonds. The largest absolute Gasteiger partial charge is 0.360 e. The van der Waals surface area contributed by atoms with Crippen molar-refractivity contribution in [2.45, 2.75) is 13.8 Å². The van der Waals surface area contributed by atoms with Gasteiger partial charge in [0.1, 0.15) is 12.1 Å². The summed E-state index contributed by atoms with van der Waals surface area (Å²) in [5, 5.41) is 23.3. The summed E-state index contributed by atoms with van der Waals surface area (Å²) >= 11 is 0. The second-order valence-electron chi connectivity index (χ2n) is 12.0. The summed E-state index contributed by atoms with van der Waals surface area (Å²) in [4.78, 5) is 17.1. The van der Waals surface area contributed by atoms with Gasteiger partial charge in [0.05, 0.1) is 33.9 Å². The van der Waals surface area contributed by atoms with Crippen LogP contribution >= 0.6 is 0 Å². The Morgan fingerprint density at radius 2 is 0.938 bits per heavy atom. The number of pyridine rings is 2. The van der Waals surface area contributed by atoms with Crippen LogP contribution in [0.15, 0.2) is 122 Å². The SMILES string of the molecule is Cc1cccc(-c2cc(-c3cc(-c4cccc(C)c4)c(C#N)c(-c4c[nH]c5ccccc45)n3)nc(-c3c[nH]c4ccccc34)c2C#N)c1. The molecule has 2 N–H and O–H groups in total. The number of H-pyrrole nitrogens is 2. The molecule has 0 saturated heterocycles. The Labute approximate surface area is 277 Å². The third-order valence-electron chi connectivity index (χ3n) is 8.87. The average Bonchev–Trinajstić information content (AvgIpc) is 3.75. The maximum atomic E-state index is 10.7. The Hall–Kier alpha value is -6.76. The Morgan fingerprint density at radius 1 is 0.500 bits per heavy atom. The number of benzene rings is 4. The van der Waals surface area contributed by atoms with Crippen molar-refractivity contribution in [3.63, 3.8) is 0 Å². The highest BCUT2D eigenvalue weighted by atomic mass is 14.8. The van der Waals surface area contributed by atoms with E-state index in [1.165, 1.54) is 0 Å². The van der Waals surface area contributed by atoms with Gasteiger partial charge in [-0.3, -0.25) is 0 Å². The number of aromatic nitrogens is 4. The summed E-state index contributed by atoms with van der Waals surface area (Å²) < 4.78 is 0. The van der Waals surface area contributed by atoms with Gasteiger partial charge in [0.2, 0.25) is 0 Å². The molecule has 0 bridgehead atoms. The first kappa shape index (κ1) is 28.7. The lowest BCUT2D eigenvalue weighted by Gasteiger charge is -2.16. The number of para-hydroxylation sites is 2. The van der Waals surface area contributed by atoms with E-state index in [2.05, 4.69) is 34.2 Å². The fraction of sp³-hybridized carbons (Fsp3) is 0.0476. The monoisotopic (exact) mass is 616 g/mol. The van der Waals surface area contributed by atoms with Gasteiger partial charge in [-0.25, -0.2) is 9.97 Å². The maximum Gasteiger partial charge on any atom is 0.102 e. The molecule has 0 spiro atoms. The third kappa shape index (κ3) is 4.81. The van der Waals surface area contributed by atoms with Crippen LogP contribution in [0.4, 0.5) is 0 Å². The Bertz CT molecular complexity index is 2440. The highest BCUT2D eigenvalue weighted by Crippen LogP contribution is 2.41. The van der Waals surface area contributed by atoms with Crippen molar-refractivity contribution in [3.05, 3.63) is 144 Å². The molecule has 6 heteroatoms. The zero-order chi connectivity index (χ0) is 32.8. The van der Waals surface area contributed by atoms with Crippen LogP contribution in [0.1, 0.15) is 22.3 Å². The van der Waals surface area contributed by atoms with Crippen molar-refractivity contribution >= 4 is 21.8 Å². The van der Waals surface area contributed by atoms with Crippen molar-refractivity contribution in [1.29, 1.82) is 10.5 Å². The van der Waals surface area contributed by atoms with E-state index in [1.54, 1.807) is 0 Å². The molecule has 48 heavy (non-hydrogen) atoms. The number of nitrogens with zero attached hydrogens (tertiary/aromatic N) is 4. The molecule has 0 aliphatic carbocycles. The standard InChI is InChI=1S/C42H28N6/c1-25-9-7-11-27(17-25)31-19-39(47-41(33(31)21-43)35-23-45-37-15-5-3-13-29(35)37)40-20-32(28-12-8-10-26(2)18-28)34(22-44)42(48-40)36-24-46-38-16-6-4-14-30(36)38/h3-20,23-24,45-46H,1-2H3. The molecule has 8 rings (SSSR count). The molecule has 4 heterocycles. The van der Waals surface area contributed by atoms with Gasteiger partial charge in [0, 0.05) is 56.5 Å². The first-order valence-electron chi connectivity index (χ1n) is 15.7. The molecule has 0 aliphatic heterocycles. The van der Waals surface area contributed by atoms with Gasteiger partial charge in [-0.1, -0.05) is 96.1 Å². The van der Waals surface area contributed by atoms with Gasteiger partial charge < -0.3 is 9.97 Å². The summed E-state index contributed by atoms with van der Waals surface area (Å²) in [7, 11) is 0. The second kappa shape index (κ2) is 11.6. The number of nitrogens with one attached hydrogen (secondary N) is 2. The first-order valence-corrected chi connectivity index (χ1v) is 15.7. The third-order valence-corrected chi connectivity index (χ3v) is 8.87.